The molecule has 2 heterocycles. The molecule has 1 aliphatic rings. The van der Waals surface area contributed by atoms with Crippen molar-refractivity contribution in [3.05, 3.63) is 57.3 Å². The van der Waals surface area contributed by atoms with Gasteiger partial charge < -0.3 is 5.73 Å². The summed E-state index contributed by atoms with van der Waals surface area (Å²) in [6.07, 6.45) is 1.91. The highest BCUT2D eigenvalue weighted by Gasteiger charge is 2.45. The second-order valence-electron chi connectivity index (χ2n) is 6.01. The van der Waals surface area contributed by atoms with Gasteiger partial charge in [0, 0.05) is 5.56 Å². The third-order valence-electron chi connectivity index (χ3n) is 4.36. The molecule has 0 saturated heterocycles. The monoisotopic (exact) mass is 361 g/mol. The van der Waals surface area contributed by atoms with Crippen LogP contribution in [0.15, 0.2) is 35.3 Å². The van der Waals surface area contributed by atoms with Gasteiger partial charge in [-0.25, -0.2) is 13.8 Å². The Kier molecular flexibility index (Phi) is 3.57. The van der Waals surface area contributed by atoms with E-state index in [-0.39, 0.29) is 29.1 Å². The summed E-state index contributed by atoms with van der Waals surface area (Å²) in [6, 6.07) is 5.92. The molecule has 4 rings (SSSR count). The van der Waals surface area contributed by atoms with Crippen LogP contribution in [0.25, 0.3) is 10.9 Å². The van der Waals surface area contributed by atoms with Crippen LogP contribution in [0.5, 0.6) is 0 Å². The van der Waals surface area contributed by atoms with Gasteiger partial charge in [-0.3, -0.25) is 9.59 Å². The minimum Gasteiger partial charge on any atom is -0.369 e. The van der Waals surface area contributed by atoms with Gasteiger partial charge in [0.05, 0.1) is 30.1 Å². The van der Waals surface area contributed by atoms with Crippen LogP contribution in [0, 0.1) is 11.7 Å². The van der Waals surface area contributed by atoms with E-state index in [0.29, 0.717) is 17.4 Å². The first kappa shape index (κ1) is 15.8. The molecule has 0 radical (unpaired) electrons. The quantitative estimate of drug-likeness (QED) is 0.761. The molecule has 2 N–H and O–H groups in total. The lowest BCUT2D eigenvalue weighted by molar-refractivity contribution is -0.119. The van der Waals surface area contributed by atoms with Crippen molar-refractivity contribution in [2.24, 2.45) is 11.7 Å². The second-order valence-corrected chi connectivity index (χ2v) is 6.37. The Morgan fingerprint density at radius 3 is 2.84 bits per heavy atom. The Morgan fingerprint density at radius 1 is 1.40 bits per heavy atom. The molecule has 0 spiro atoms. The lowest BCUT2D eigenvalue weighted by Crippen LogP contribution is -2.25. The predicted octanol–water partition coefficient (Wildman–Crippen LogP) is 1.48. The van der Waals surface area contributed by atoms with Gasteiger partial charge in [-0.1, -0.05) is 29.8 Å². The molecule has 1 aliphatic carbocycles. The van der Waals surface area contributed by atoms with Gasteiger partial charge in [0.25, 0.3) is 5.56 Å². The third-order valence-corrected chi connectivity index (χ3v) is 4.76. The van der Waals surface area contributed by atoms with Gasteiger partial charge in [0.15, 0.2) is 5.52 Å². The number of nitrogens with two attached hydrogens (primary N) is 1. The van der Waals surface area contributed by atoms with E-state index < -0.39 is 17.4 Å². The smallest absolute Gasteiger partial charge is 0.295 e. The topological polar surface area (TPSA) is 95.8 Å². The molecule has 7 nitrogen and oxygen atoms in total. The summed E-state index contributed by atoms with van der Waals surface area (Å²) in [5.74, 6) is -1.23. The lowest BCUT2D eigenvalue weighted by Gasteiger charge is -2.04. The van der Waals surface area contributed by atoms with Crippen LogP contribution < -0.4 is 11.3 Å². The van der Waals surface area contributed by atoms with Crippen molar-refractivity contribution in [2.75, 3.05) is 0 Å². The van der Waals surface area contributed by atoms with Gasteiger partial charge in [0.2, 0.25) is 5.91 Å². The minimum atomic E-state index is -0.457. The van der Waals surface area contributed by atoms with Crippen LogP contribution in [0.1, 0.15) is 18.0 Å². The van der Waals surface area contributed by atoms with Crippen LogP contribution >= 0.6 is 11.6 Å². The molecule has 1 amide bonds. The Labute approximate surface area is 145 Å². The largest absolute Gasteiger partial charge is 0.369 e. The number of hydrogen-bond donors (Lipinski definition) is 1. The number of rotatable bonds is 4. The lowest BCUT2D eigenvalue weighted by atomic mass is 10.2. The van der Waals surface area contributed by atoms with E-state index in [1.807, 2.05) is 0 Å². The van der Waals surface area contributed by atoms with Crippen molar-refractivity contribution in [1.29, 1.82) is 0 Å². The zero-order valence-electron chi connectivity index (χ0n) is 12.9. The summed E-state index contributed by atoms with van der Waals surface area (Å²) in [5, 5.41) is 8.89. The van der Waals surface area contributed by atoms with Crippen molar-refractivity contribution in [2.45, 2.75) is 19.0 Å². The highest BCUT2D eigenvalue weighted by atomic mass is 35.5. The summed E-state index contributed by atoms with van der Waals surface area (Å²) < 4.78 is 16.4. The van der Waals surface area contributed by atoms with E-state index in [1.165, 1.54) is 21.6 Å². The van der Waals surface area contributed by atoms with E-state index in [0.717, 1.165) is 0 Å². The van der Waals surface area contributed by atoms with Crippen molar-refractivity contribution >= 4 is 28.4 Å². The Morgan fingerprint density at radius 2 is 2.16 bits per heavy atom. The van der Waals surface area contributed by atoms with E-state index in [1.54, 1.807) is 18.2 Å². The summed E-state index contributed by atoms with van der Waals surface area (Å²) in [6.45, 7) is 0.0902. The van der Waals surface area contributed by atoms with Gasteiger partial charge >= 0.3 is 0 Å². The van der Waals surface area contributed by atoms with Crippen LogP contribution in [0.3, 0.4) is 0 Å². The Bertz CT molecular complexity index is 1060. The van der Waals surface area contributed by atoms with E-state index in [9.17, 15) is 14.0 Å². The zero-order valence-corrected chi connectivity index (χ0v) is 13.7. The molecule has 1 saturated carbocycles. The standard InChI is InChI=1S/C16H13ClFN5O2/c17-14-10-6-20-23(12-5-9(12)15(19)24)16(25)13(10)21-22(14)7-8-3-1-2-4-11(8)18/h1-4,6,9,12H,5,7H2,(H2,19,24)/t9-,12-/m1/s1. The Balaban J connectivity index is 1.75. The maximum atomic E-state index is 13.8. The first-order valence-corrected chi connectivity index (χ1v) is 8.01. The maximum absolute atomic E-state index is 13.8. The number of fused-ring (bicyclic) bond motifs is 1. The fourth-order valence-electron chi connectivity index (χ4n) is 2.90. The third kappa shape index (κ3) is 2.58. The zero-order chi connectivity index (χ0) is 17.7. The van der Waals surface area contributed by atoms with Crippen molar-refractivity contribution < 1.29 is 9.18 Å². The number of benzene rings is 1. The number of amides is 1. The molecular weight excluding hydrogens is 349 g/mol. The number of nitrogens with zero attached hydrogens (tertiary/aromatic N) is 4. The number of aromatic nitrogens is 4. The first-order chi connectivity index (χ1) is 12.0. The molecule has 1 fully saturated rings. The highest BCUT2D eigenvalue weighted by Crippen LogP contribution is 2.41. The van der Waals surface area contributed by atoms with Crippen molar-refractivity contribution in [1.82, 2.24) is 19.6 Å². The number of halogens is 2. The van der Waals surface area contributed by atoms with Gasteiger partial charge in [-0.15, -0.1) is 0 Å². The van der Waals surface area contributed by atoms with Crippen LogP contribution in [0.2, 0.25) is 5.15 Å². The molecule has 2 aromatic heterocycles. The summed E-state index contributed by atoms with van der Waals surface area (Å²) in [5.41, 5.74) is 5.35. The molecule has 0 bridgehead atoms. The minimum absolute atomic E-state index is 0.0902. The highest BCUT2D eigenvalue weighted by molar-refractivity contribution is 6.34. The average molecular weight is 362 g/mol. The van der Waals surface area contributed by atoms with Gasteiger partial charge in [-0.2, -0.15) is 10.2 Å². The second kappa shape index (κ2) is 5.66. The average Bonchev–Trinajstić information content (AvgIpc) is 3.31. The maximum Gasteiger partial charge on any atom is 0.295 e. The Hall–Kier alpha value is -2.74. The van der Waals surface area contributed by atoms with Crippen LogP contribution in [-0.4, -0.2) is 25.5 Å². The normalized spacial score (nSPS) is 19.3. The molecule has 1 aromatic carbocycles. The SMILES string of the molecule is NC(=O)[C@@H]1C[C@H]1n1ncc2c(Cl)n(Cc3ccccc3F)nc2c1=O. The number of carbonyl (C=O) groups excluding carboxylic acids is 1. The van der Waals surface area contributed by atoms with E-state index in [2.05, 4.69) is 10.2 Å². The predicted molar refractivity (Wildman–Crippen MR) is 88.6 cm³/mol. The molecular formula is C16H13ClFN5O2. The number of carbonyl (C=O) groups is 1. The van der Waals surface area contributed by atoms with Gasteiger partial charge in [-0.05, 0) is 12.5 Å². The van der Waals surface area contributed by atoms with Gasteiger partial charge in [0.1, 0.15) is 11.0 Å². The van der Waals surface area contributed by atoms with Crippen LogP contribution in [-0.2, 0) is 11.3 Å². The van der Waals surface area contributed by atoms with Crippen molar-refractivity contribution in [3.8, 4) is 0 Å². The number of primary amides is 1. The fraction of sp³-hybridized carbons (Fsp3) is 0.250. The van der Waals surface area contributed by atoms with E-state index >= 15 is 0 Å². The van der Waals surface area contributed by atoms with E-state index in [4.69, 9.17) is 17.3 Å². The summed E-state index contributed by atoms with van der Waals surface area (Å²) in [4.78, 5) is 23.8. The fourth-order valence-corrected chi connectivity index (χ4v) is 3.13. The molecule has 3 aromatic rings. The molecule has 128 valence electrons. The summed E-state index contributed by atoms with van der Waals surface area (Å²) in [7, 11) is 0. The summed E-state index contributed by atoms with van der Waals surface area (Å²) >= 11 is 6.27. The first-order valence-electron chi connectivity index (χ1n) is 7.64. The molecule has 9 heteroatoms. The molecule has 0 unspecified atom stereocenters. The molecule has 2 atom stereocenters. The van der Waals surface area contributed by atoms with Crippen LogP contribution in [0.4, 0.5) is 4.39 Å². The molecule has 25 heavy (non-hydrogen) atoms. The van der Waals surface area contributed by atoms with Crippen molar-refractivity contribution in [3.63, 3.8) is 0 Å². The molecule has 0 aliphatic heterocycles. The number of hydrogen-bond acceptors (Lipinski definition) is 4.